The van der Waals surface area contributed by atoms with Crippen molar-refractivity contribution >= 4 is 17.5 Å². The van der Waals surface area contributed by atoms with Crippen LogP contribution in [-0.2, 0) is 29.0 Å². The monoisotopic (exact) mass is 431 g/mol. The van der Waals surface area contributed by atoms with Gasteiger partial charge in [-0.25, -0.2) is 0 Å². The van der Waals surface area contributed by atoms with Crippen LogP contribution in [0.5, 0.6) is 0 Å². The molecular weight excluding hydrogens is 406 g/mol. The summed E-state index contributed by atoms with van der Waals surface area (Å²) in [6.45, 7) is 0.214. The number of nitro benzene ring substituents is 1. The van der Waals surface area contributed by atoms with Crippen molar-refractivity contribution in [3.8, 4) is 0 Å². The van der Waals surface area contributed by atoms with E-state index >= 15 is 0 Å². The van der Waals surface area contributed by atoms with Crippen LogP contribution in [0.1, 0.15) is 16.7 Å². The van der Waals surface area contributed by atoms with E-state index in [0.717, 1.165) is 11.1 Å². The molecular formula is C25H25N3O4. The highest BCUT2D eigenvalue weighted by Crippen LogP contribution is 2.21. The molecule has 32 heavy (non-hydrogen) atoms. The summed E-state index contributed by atoms with van der Waals surface area (Å²) in [6, 6.07) is 24.3. The van der Waals surface area contributed by atoms with E-state index in [1.165, 1.54) is 18.0 Å². The molecule has 0 aliphatic heterocycles. The molecule has 3 aromatic carbocycles. The number of carbonyl (C=O) groups is 2. The van der Waals surface area contributed by atoms with Gasteiger partial charge in [0.05, 0.1) is 11.3 Å². The summed E-state index contributed by atoms with van der Waals surface area (Å²) in [5.74, 6) is -0.645. The summed E-state index contributed by atoms with van der Waals surface area (Å²) in [6.07, 6.45) is 0.155. The highest BCUT2D eigenvalue weighted by atomic mass is 16.6. The molecule has 3 aromatic rings. The number of hydrogen-bond donors (Lipinski definition) is 1. The minimum Gasteiger partial charge on any atom is -0.357 e. The number of rotatable bonds is 9. The van der Waals surface area contributed by atoms with Gasteiger partial charge in [0.25, 0.3) is 5.69 Å². The molecule has 0 fully saturated rings. The second-order valence-electron chi connectivity index (χ2n) is 7.39. The standard InChI is InChI=1S/C25H25N3O4/c1-26-25(30)23(16-19-10-4-2-5-11-19)27(18-20-12-6-3-7-13-20)24(29)17-21-14-8-9-15-22(21)28(31)32/h2-15,23H,16-18H2,1H3,(H,26,30). The lowest BCUT2D eigenvalue weighted by molar-refractivity contribution is -0.385. The van der Waals surface area contributed by atoms with Gasteiger partial charge >= 0.3 is 0 Å². The fourth-order valence-corrected chi connectivity index (χ4v) is 3.60. The highest BCUT2D eigenvalue weighted by molar-refractivity contribution is 5.89. The number of benzene rings is 3. The summed E-state index contributed by atoms with van der Waals surface area (Å²) < 4.78 is 0. The Labute approximate surface area is 186 Å². The third-order valence-corrected chi connectivity index (χ3v) is 5.24. The number of hydrogen-bond acceptors (Lipinski definition) is 4. The molecule has 3 rings (SSSR count). The van der Waals surface area contributed by atoms with Crippen molar-refractivity contribution in [2.75, 3.05) is 7.05 Å². The zero-order valence-corrected chi connectivity index (χ0v) is 17.8. The summed E-state index contributed by atoms with van der Waals surface area (Å²) in [7, 11) is 1.54. The van der Waals surface area contributed by atoms with Crippen LogP contribution in [0.4, 0.5) is 5.69 Å². The van der Waals surface area contributed by atoms with E-state index in [4.69, 9.17) is 0 Å². The van der Waals surface area contributed by atoms with Gasteiger partial charge in [-0.2, -0.15) is 0 Å². The lowest BCUT2D eigenvalue weighted by Crippen LogP contribution is -2.50. The van der Waals surface area contributed by atoms with E-state index in [-0.39, 0.29) is 30.5 Å². The van der Waals surface area contributed by atoms with Crippen LogP contribution in [0.25, 0.3) is 0 Å². The first-order valence-corrected chi connectivity index (χ1v) is 10.3. The third-order valence-electron chi connectivity index (χ3n) is 5.24. The van der Waals surface area contributed by atoms with Gasteiger partial charge < -0.3 is 10.2 Å². The van der Waals surface area contributed by atoms with Crippen molar-refractivity contribution in [3.63, 3.8) is 0 Å². The van der Waals surface area contributed by atoms with Crippen molar-refractivity contribution in [2.24, 2.45) is 0 Å². The summed E-state index contributed by atoms with van der Waals surface area (Å²) in [4.78, 5) is 38.8. The first-order chi connectivity index (χ1) is 15.5. The van der Waals surface area contributed by atoms with Gasteiger partial charge in [-0.1, -0.05) is 78.9 Å². The SMILES string of the molecule is CNC(=O)C(Cc1ccccc1)N(Cc1ccccc1)C(=O)Cc1ccccc1[N+](=O)[O-]. The van der Waals surface area contributed by atoms with E-state index in [2.05, 4.69) is 5.32 Å². The van der Waals surface area contributed by atoms with Crippen molar-refractivity contribution in [2.45, 2.75) is 25.4 Å². The van der Waals surface area contributed by atoms with Crippen LogP contribution in [0.3, 0.4) is 0 Å². The Morgan fingerprint density at radius 3 is 2.06 bits per heavy atom. The lowest BCUT2D eigenvalue weighted by Gasteiger charge is -2.31. The van der Waals surface area contributed by atoms with E-state index < -0.39 is 11.0 Å². The van der Waals surface area contributed by atoms with Crippen molar-refractivity contribution in [1.29, 1.82) is 0 Å². The smallest absolute Gasteiger partial charge is 0.273 e. The molecule has 1 atom stereocenters. The fraction of sp³-hybridized carbons (Fsp3) is 0.200. The Hall–Kier alpha value is -4.00. The maximum Gasteiger partial charge on any atom is 0.273 e. The van der Waals surface area contributed by atoms with E-state index in [1.807, 2.05) is 60.7 Å². The van der Waals surface area contributed by atoms with Crippen LogP contribution in [-0.4, -0.2) is 34.7 Å². The zero-order chi connectivity index (χ0) is 22.9. The van der Waals surface area contributed by atoms with Gasteiger partial charge in [-0.05, 0) is 11.1 Å². The number of nitrogens with zero attached hydrogens (tertiary/aromatic N) is 2. The fourth-order valence-electron chi connectivity index (χ4n) is 3.60. The number of nitro groups is 1. The number of carbonyl (C=O) groups excluding carboxylic acids is 2. The molecule has 0 radical (unpaired) electrons. The topological polar surface area (TPSA) is 92.6 Å². The van der Waals surface area contributed by atoms with Crippen LogP contribution in [0, 0.1) is 10.1 Å². The predicted molar refractivity (Wildman–Crippen MR) is 122 cm³/mol. The molecule has 1 unspecified atom stereocenters. The van der Waals surface area contributed by atoms with E-state index in [1.54, 1.807) is 18.2 Å². The lowest BCUT2D eigenvalue weighted by atomic mass is 10.0. The average molecular weight is 431 g/mol. The number of amides is 2. The molecule has 0 aliphatic rings. The molecule has 2 amide bonds. The predicted octanol–water partition coefficient (Wildman–Crippen LogP) is 3.52. The third kappa shape index (κ3) is 5.78. The molecule has 0 aromatic heterocycles. The van der Waals surface area contributed by atoms with E-state index in [0.29, 0.717) is 12.0 Å². The molecule has 0 heterocycles. The van der Waals surface area contributed by atoms with Crippen LogP contribution < -0.4 is 5.32 Å². The molecule has 0 aliphatic carbocycles. The Balaban J connectivity index is 1.96. The maximum absolute atomic E-state index is 13.5. The van der Waals surface area contributed by atoms with Gasteiger partial charge in [0.15, 0.2) is 0 Å². The van der Waals surface area contributed by atoms with Crippen LogP contribution in [0.15, 0.2) is 84.9 Å². The van der Waals surface area contributed by atoms with Crippen LogP contribution >= 0.6 is 0 Å². The summed E-state index contributed by atoms with van der Waals surface area (Å²) in [5, 5.41) is 14.1. The minimum absolute atomic E-state index is 0.111. The van der Waals surface area contributed by atoms with Gasteiger partial charge in [-0.3, -0.25) is 19.7 Å². The second kappa shape index (κ2) is 10.9. The van der Waals surface area contributed by atoms with Crippen LogP contribution in [0.2, 0.25) is 0 Å². The molecule has 0 spiro atoms. The van der Waals surface area contributed by atoms with Crippen molar-refractivity contribution < 1.29 is 14.5 Å². The Morgan fingerprint density at radius 2 is 1.47 bits per heavy atom. The van der Waals surface area contributed by atoms with Gasteiger partial charge in [0, 0.05) is 31.6 Å². The Kier molecular flexibility index (Phi) is 7.70. The molecule has 0 saturated heterocycles. The van der Waals surface area contributed by atoms with Gasteiger partial charge in [0.1, 0.15) is 6.04 Å². The van der Waals surface area contributed by atoms with E-state index in [9.17, 15) is 19.7 Å². The average Bonchev–Trinajstić information content (AvgIpc) is 2.82. The zero-order valence-electron chi connectivity index (χ0n) is 17.8. The molecule has 7 heteroatoms. The highest BCUT2D eigenvalue weighted by Gasteiger charge is 2.30. The summed E-state index contributed by atoms with van der Waals surface area (Å²) in [5.41, 5.74) is 1.99. The number of para-hydroxylation sites is 1. The number of nitrogens with one attached hydrogen (secondary N) is 1. The van der Waals surface area contributed by atoms with Gasteiger partial charge in [0.2, 0.25) is 11.8 Å². The molecule has 164 valence electrons. The first-order valence-electron chi connectivity index (χ1n) is 10.3. The molecule has 0 bridgehead atoms. The maximum atomic E-state index is 13.5. The van der Waals surface area contributed by atoms with Gasteiger partial charge in [-0.15, -0.1) is 0 Å². The molecule has 0 saturated carbocycles. The second-order valence-corrected chi connectivity index (χ2v) is 7.39. The molecule has 1 N–H and O–H groups in total. The Bertz CT molecular complexity index is 1070. The number of likely N-dealkylation sites (N-methyl/N-ethyl adjacent to an activating group) is 1. The first kappa shape index (κ1) is 22.7. The largest absolute Gasteiger partial charge is 0.357 e. The van der Waals surface area contributed by atoms with Crippen molar-refractivity contribution in [3.05, 3.63) is 112 Å². The molecule has 7 nitrogen and oxygen atoms in total. The Morgan fingerprint density at radius 1 is 0.906 bits per heavy atom. The summed E-state index contributed by atoms with van der Waals surface area (Å²) >= 11 is 0. The van der Waals surface area contributed by atoms with Crippen molar-refractivity contribution in [1.82, 2.24) is 10.2 Å². The minimum atomic E-state index is -0.766. The normalized spacial score (nSPS) is 11.4. The quantitative estimate of drug-likeness (QED) is 0.414.